The van der Waals surface area contributed by atoms with Gasteiger partial charge in [0, 0.05) is 0 Å². The van der Waals surface area contributed by atoms with E-state index in [0.717, 1.165) is 6.33 Å². The van der Waals surface area contributed by atoms with Crippen LogP contribution in [0.15, 0.2) is 18.5 Å². The summed E-state index contributed by atoms with van der Waals surface area (Å²) in [6, 6.07) is 0.894. The van der Waals surface area contributed by atoms with Crippen molar-refractivity contribution in [1.29, 1.82) is 0 Å². The predicted octanol–water partition coefficient (Wildman–Crippen LogP) is 2.04. The Hall–Kier alpha value is -3.82. The Morgan fingerprint density at radius 2 is 1.52 bits per heavy atom. The van der Waals surface area contributed by atoms with Crippen molar-refractivity contribution < 1.29 is 38.2 Å². The first-order chi connectivity index (χ1) is 12.4. The number of nitrogens with zero attached hydrogens (tertiary/aromatic N) is 4. The standard InChI is InChI=1S/C6H3N3O7.C5H5F3N2O/c10-6-4(8(13)14)1-3(7(11)12)2-5(6)9(15)16;6-5(7,8)4-3(1-11)9-2-10-4/h1-2,10H;2,11H,1H2,(H,9,10). The van der Waals surface area contributed by atoms with Crippen LogP contribution in [0, 0.1) is 30.3 Å². The first kappa shape index (κ1) is 21.2. The van der Waals surface area contributed by atoms with Crippen LogP contribution in [0.25, 0.3) is 0 Å². The summed E-state index contributed by atoms with van der Waals surface area (Å²) < 4.78 is 35.6. The Kier molecular flexibility index (Phi) is 6.32. The lowest BCUT2D eigenvalue weighted by Gasteiger charge is -2.03. The molecular formula is C11H8F3N5O8. The highest BCUT2D eigenvalue weighted by atomic mass is 19.4. The first-order valence-corrected chi connectivity index (χ1v) is 6.40. The smallest absolute Gasteiger partial charge is 0.435 e. The molecule has 27 heavy (non-hydrogen) atoms. The van der Waals surface area contributed by atoms with Crippen LogP contribution in [0.4, 0.5) is 30.2 Å². The molecule has 0 spiro atoms. The van der Waals surface area contributed by atoms with Crippen LogP contribution >= 0.6 is 0 Å². The molecule has 2 rings (SSSR count). The molecule has 0 fully saturated rings. The first-order valence-electron chi connectivity index (χ1n) is 6.40. The van der Waals surface area contributed by atoms with E-state index < -0.39 is 56.1 Å². The molecule has 1 aromatic carbocycles. The number of nitro groups is 3. The number of rotatable bonds is 4. The maximum absolute atomic E-state index is 11.9. The predicted molar refractivity (Wildman–Crippen MR) is 77.6 cm³/mol. The molecule has 1 heterocycles. The lowest BCUT2D eigenvalue weighted by molar-refractivity contribution is -0.404. The number of H-pyrrole nitrogens is 1. The largest absolute Gasteiger partial charge is 0.497 e. The van der Waals surface area contributed by atoms with Crippen molar-refractivity contribution in [3.63, 3.8) is 0 Å². The summed E-state index contributed by atoms with van der Waals surface area (Å²) in [7, 11) is 0. The van der Waals surface area contributed by atoms with Crippen molar-refractivity contribution in [2.45, 2.75) is 12.8 Å². The van der Waals surface area contributed by atoms with E-state index >= 15 is 0 Å². The van der Waals surface area contributed by atoms with Crippen LogP contribution in [0.1, 0.15) is 11.4 Å². The van der Waals surface area contributed by atoms with Gasteiger partial charge in [0.15, 0.2) is 5.69 Å². The second-order valence-electron chi connectivity index (χ2n) is 4.49. The summed E-state index contributed by atoms with van der Waals surface area (Å²) in [4.78, 5) is 33.0. The number of alkyl halides is 3. The topological polar surface area (TPSA) is 199 Å². The summed E-state index contributed by atoms with van der Waals surface area (Å²) in [6.07, 6.45) is -3.59. The number of nitro benzene ring substituents is 3. The van der Waals surface area contributed by atoms with E-state index in [1.807, 2.05) is 0 Å². The zero-order valence-electron chi connectivity index (χ0n) is 12.7. The molecule has 0 amide bonds. The maximum atomic E-state index is 11.9. The van der Waals surface area contributed by atoms with Gasteiger partial charge in [-0.3, -0.25) is 30.3 Å². The molecule has 1 aromatic heterocycles. The number of benzene rings is 1. The monoisotopic (exact) mass is 395 g/mol. The van der Waals surface area contributed by atoms with Gasteiger partial charge < -0.3 is 15.2 Å². The van der Waals surface area contributed by atoms with Crippen LogP contribution in [0.3, 0.4) is 0 Å². The maximum Gasteiger partial charge on any atom is 0.435 e. The molecule has 0 radical (unpaired) electrons. The minimum Gasteiger partial charge on any atom is -0.497 e. The SMILES string of the molecule is O=[N+]([O-])c1cc([N+](=O)[O-])c(O)c([N+](=O)[O-])c1.OCc1[nH]cnc1C(F)(F)F. The summed E-state index contributed by atoms with van der Waals surface area (Å²) in [6.45, 7) is -0.686. The van der Waals surface area contributed by atoms with E-state index in [1.54, 1.807) is 0 Å². The van der Waals surface area contributed by atoms with Gasteiger partial charge in [-0.25, -0.2) is 4.98 Å². The van der Waals surface area contributed by atoms with Crippen LogP contribution < -0.4 is 0 Å². The number of hydrogen-bond donors (Lipinski definition) is 3. The normalized spacial score (nSPS) is 10.7. The van der Waals surface area contributed by atoms with Crippen molar-refractivity contribution in [3.05, 3.63) is 60.2 Å². The zero-order chi connectivity index (χ0) is 20.9. The van der Waals surface area contributed by atoms with Crippen LogP contribution in [0.2, 0.25) is 0 Å². The highest BCUT2D eigenvalue weighted by Gasteiger charge is 2.35. The Morgan fingerprint density at radius 3 is 1.81 bits per heavy atom. The average Bonchev–Trinajstić information content (AvgIpc) is 3.03. The molecule has 0 unspecified atom stereocenters. The molecule has 0 aliphatic rings. The van der Waals surface area contributed by atoms with Gasteiger partial charge in [-0.05, 0) is 0 Å². The highest BCUT2D eigenvalue weighted by Crippen LogP contribution is 2.38. The quantitative estimate of drug-likeness (QED) is 0.512. The second kappa shape index (κ2) is 8.04. The fourth-order valence-electron chi connectivity index (χ4n) is 1.66. The lowest BCUT2D eigenvalue weighted by atomic mass is 10.2. The Balaban J connectivity index is 0.000000289. The average molecular weight is 395 g/mol. The van der Waals surface area contributed by atoms with E-state index in [4.69, 9.17) is 10.2 Å². The van der Waals surface area contributed by atoms with Crippen molar-refractivity contribution >= 4 is 17.1 Å². The summed E-state index contributed by atoms with van der Waals surface area (Å²) >= 11 is 0. The van der Waals surface area contributed by atoms with Crippen molar-refractivity contribution in [2.75, 3.05) is 0 Å². The summed E-state index contributed by atoms with van der Waals surface area (Å²) in [5.74, 6) is -1.21. The molecule has 16 heteroatoms. The fraction of sp³-hybridized carbons (Fsp3) is 0.182. The number of phenols is 1. The molecule has 0 saturated heterocycles. The molecule has 0 aliphatic heterocycles. The third-order valence-electron chi connectivity index (χ3n) is 2.80. The Morgan fingerprint density at radius 1 is 1.04 bits per heavy atom. The van der Waals surface area contributed by atoms with Gasteiger partial charge >= 0.3 is 17.6 Å². The summed E-state index contributed by atoms with van der Waals surface area (Å²) in [5, 5.41) is 48.6. The van der Waals surface area contributed by atoms with Crippen molar-refractivity contribution in [2.24, 2.45) is 0 Å². The van der Waals surface area contributed by atoms with Crippen LogP contribution in [-0.4, -0.2) is 35.0 Å². The number of aromatic nitrogens is 2. The molecule has 2 aromatic rings. The number of phenolic OH excluding ortho intramolecular Hbond substituents is 1. The number of nitrogens with one attached hydrogen (secondary N) is 1. The minimum absolute atomic E-state index is 0.308. The van der Waals surface area contributed by atoms with Crippen molar-refractivity contribution in [1.82, 2.24) is 9.97 Å². The third kappa shape index (κ3) is 5.08. The molecule has 0 aliphatic carbocycles. The van der Waals surface area contributed by atoms with Gasteiger partial charge in [-0.1, -0.05) is 0 Å². The zero-order valence-corrected chi connectivity index (χ0v) is 12.7. The van der Waals surface area contributed by atoms with Gasteiger partial charge in [0.1, 0.15) is 0 Å². The van der Waals surface area contributed by atoms with Crippen molar-refractivity contribution in [3.8, 4) is 5.75 Å². The molecule has 0 atom stereocenters. The van der Waals surface area contributed by atoms with E-state index in [1.165, 1.54) is 0 Å². The van der Waals surface area contributed by atoms with E-state index in [9.17, 15) is 43.5 Å². The number of aliphatic hydroxyl groups excluding tert-OH is 1. The Bertz CT molecular complexity index is 846. The number of hydrogen-bond acceptors (Lipinski definition) is 9. The fourth-order valence-corrected chi connectivity index (χ4v) is 1.66. The number of imidazole rings is 1. The van der Waals surface area contributed by atoms with Gasteiger partial charge in [-0.15, -0.1) is 0 Å². The van der Waals surface area contributed by atoms with Crippen LogP contribution in [-0.2, 0) is 12.8 Å². The molecule has 0 saturated carbocycles. The highest BCUT2D eigenvalue weighted by molar-refractivity contribution is 5.64. The van der Waals surface area contributed by atoms with E-state index in [2.05, 4.69) is 9.97 Å². The van der Waals surface area contributed by atoms with Gasteiger partial charge in [0.05, 0.1) is 45.5 Å². The van der Waals surface area contributed by atoms with Gasteiger partial charge in [0.2, 0.25) is 0 Å². The number of aromatic hydroxyl groups is 1. The molecule has 3 N–H and O–H groups in total. The van der Waals surface area contributed by atoms with E-state index in [0.29, 0.717) is 12.1 Å². The number of halogens is 3. The minimum atomic E-state index is -4.49. The Labute approximate surface area is 145 Å². The third-order valence-corrected chi connectivity index (χ3v) is 2.80. The summed E-state index contributed by atoms with van der Waals surface area (Å²) in [5.41, 5.74) is -4.37. The van der Waals surface area contributed by atoms with E-state index in [-0.39, 0.29) is 5.69 Å². The molecular weight excluding hydrogens is 387 g/mol. The van der Waals surface area contributed by atoms with Gasteiger partial charge in [-0.2, -0.15) is 13.2 Å². The molecule has 0 bridgehead atoms. The molecule has 13 nitrogen and oxygen atoms in total. The number of aromatic amines is 1. The van der Waals surface area contributed by atoms with Gasteiger partial charge in [0.25, 0.3) is 11.4 Å². The number of aliphatic hydroxyl groups is 1. The number of non-ortho nitro benzene ring substituents is 1. The molecule has 146 valence electrons. The lowest BCUT2D eigenvalue weighted by Crippen LogP contribution is -2.08. The van der Waals surface area contributed by atoms with Crippen LogP contribution in [0.5, 0.6) is 5.75 Å². The second-order valence-corrected chi connectivity index (χ2v) is 4.49.